The van der Waals surface area contributed by atoms with Gasteiger partial charge in [0.25, 0.3) is 0 Å². The minimum atomic E-state index is 0.426. The summed E-state index contributed by atoms with van der Waals surface area (Å²) in [6.07, 6.45) is 4.78. The van der Waals surface area contributed by atoms with E-state index in [4.69, 9.17) is 5.73 Å². The Hall–Kier alpha value is -1.02. The summed E-state index contributed by atoms with van der Waals surface area (Å²) in [6, 6.07) is 5.59. The molecule has 0 spiro atoms. The van der Waals surface area contributed by atoms with E-state index in [2.05, 4.69) is 44.9 Å². The molecule has 2 rings (SSSR count). The van der Waals surface area contributed by atoms with E-state index >= 15 is 0 Å². The molecule has 2 nitrogen and oxygen atoms in total. The Labute approximate surface area is 111 Å². The summed E-state index contributed by atoms with van der Waals surface area (Å²) in [4.78, 5) is 2.47. The minimum absolute atomic E-state index is 0.426. The molecule has 18 heavy (non-hydrogen) atoms. The van der Waals surface area contributed by atoms with Crippen LogP contribution in [0.2, 0.25) is 0 Å². The van der Waals surface area contributed by atoms with Gasteiger partial charge in [-0.1, -0.05) is 6.07 Å². The first-order valence-corrected chi connectivity index (χ1v) is 7.06. The van der Waals surface area contributed by atoms with Crippen molar-refractivity contribution in [3.8, 4) is 0 Å². The number of anilines is 1. The highest BCUT2D eigenvalue weighted by Crippen LogP contribution is 2.30. The van der Waals surface area contributed by atoms with Gasteiger partial charge < -0.3 is 10.6 Å². The molecule has 1 fully saturated rings. The molecule has 1 aromatic carbocycles. The summed E-state index contributed by atoms with van der Waals surface area (Å²) < 4.78 is 0. The molecule has 1 aliphatic carbocycles. The van der Waals surface area contributed by atoms with Crippen molar-refractivity contribution in [2.75, 3.05) is 11.9 Å². The molecule has 1 aliphatic rings. The molecule has 0 heterocycles. The SMILES string of the molecule is Cc1ccc(N(C)C2CCC(N)CC2)c(C)c1C. The number of aryl methyl sites for hydroxylation is 1. The summed E-state index contributed by atoms with van der Waals surface area (Å²) in [5.74, 6) is 0. The fourth-order valence-electron chi connectivity index (χ4n) is 3.01. The summed E-state index contributed by atoms with van der Waals surface area (Å²) in [6.45, 7) is 6.65. The molecule has 0 amide bonds. The molecule has 2 heteroatoms. The Morgan fingerprint density at radius 1 is 1.00 bits per heavy atom. The van der Waals surface area contributed by atoms with Crippen LogP contribution >= 0.6 is 0 Å². The normalized spacial score (nSPS) is 24.1. The van der Waals surface area contributed by atoms with Crippen LogP contribution in [-0.4, -0.2) is 19.1 Å². The van der Waals surface area contributed by atoms with Gasteiger partial charge in [-0.25, -0.2) is 0 Å². The number of nitrogens with two attached hydrogens (primary N) is 1. The topological polar surface area (TPSA) is 29.3 Å². The predicted molar refractivity (Wildman–Crippen MR) is 79.3 cm³/mol. The third-order valence-electron chi connectivity index (χ3n) is 4.70. The third kappa shape index (κ3) is 2.54. The Bertz CT molecular complexity index is 417. The van der Waals surface area contributed by atoms with Crippen molar-refractivity contribution in [2.24, 2.45) is 5.73 Å². The van der Waals surface area contributed by atoms with E-state index in [1.807, 2.05) is 0 Å². The van der Waals surface area contributed by atoms with Crippen LogP contribution in [0.25, 0.3) is 0 Å². The second-order valence-electron chi connectivity index (χ2n) is 5.83. The lowest BCUT2D eigenvalue weighted by molar-refractivity contribution is 0.385. The molecule has 0 bridgehead atoms. The summed E-state index contributed by atoms with van der Waals surface area (Å²) >= 11 is 0. The van der Waals surface area contributed by atoms with E-state index in [1.54, 1.807) is 0 Å². The monoisotopic (exact) mass is 246 g/mol. The first kappa shape index (κ1) is 13.4. The van der Waals surface area contributed by atoms with Crippen molar-refractivity contribution in [3.05, 3.63) is 28.8 Å². The maximum Gasteiger partial charge on any atom is 0.0398 e. The molecular formula is C16H26N2. The zero-order valence-electron chi connectivity index (χ0n) is 12.2. The Morgan fingerprint density at radius 3 is 2.22 bits per heavy atom. The first-order valence-electron chi connectivity index (χ1n) is 7.06. The lowest BCUT2D eigenvalue weighted by Gasteiger charge is -2.36. The van der Waals surface area contributed by atoms with Crippen molar-refractivity contribution < 1.29 is 0 Å². The number of benzene rings is 1. The highest BCUT2D eigenvalue weighted by atomic mass is 15.1. The Morgan fingerprint density at radius 2 is 1.61 bits per heavy atom. The van der Waals surface area contributed by atoms with Gasteiger partial charge in [-0.05, 0) is 69.2 Å². The van der Waals surface area contributed by atoms with Crippen LogP contribution in [0.3, 0.4) is 0 Å². The average Bonchev–Trinajstić information content (AvgIpc) is 2.36. The molecule has 0 radical (unpaired) electrons. The second-order valence-corrected chi connectivity index (χ2v) is 5.83. The molecule has 2 N–H and O–H groups in total. The largest absolute Gasteiger partial charge is 0.371 e. The number of nitrogens with zero attached hydrogens (tertiary/aromatic N) is 1. The van der Waals surface area contributed by atoms with E-state index in [0.29, 0.717) is 12.1 Å². The van der Waals surface area contributed by atoms with Gasteiger partial charge in [0.15, 0.2) is 0 Å². The zero-order valence-corrected chi connectivity index (χ0v) is 12.2. The number of rotatable bonds is 2. The van der Waals surface area contributed by atoms with E-state index < -0.39 is 0 Å². The van der Waals surface area contributed by atoms with Crippen LogP contribution in [0.1, 0.15) is 42.4 Å². The van der Waals surface area contributed by atoms with Crippen molar-refractivity contribution in [3.63, 3.8) is 0 Å². The van der Waals surface area contributed by atoms with Gasteiger partial charge in [-0.2, -0.15) is 0 Å². The molecule has 0 saturated heterocycles. The maximum absolute atomic E-state index is 5.99. The molecule has 0 unspecified atom stereocenters. The number of hydrogen-bond acceptors (Lipinski definition) is 2. The standard InChI is InChI=1S/C16H26N2/c1-11-5-10-16(13(3)12(11)2)18(4)15-8-6-14(17)7-9-15/h5,10,14-15H,6-9,17H2,1-4H3. The molecule has 0 aliphatic heterocycles. The summed E-state index contributed by atoms with van der Waals surface area (Å²) in [5.41, 5.74) is 11.6. The number of hydrogen-bond donors (Lipinski definition) is 1. The van der Waals surface area contributed by atoms with Crippen molar-refractivity contribution in [1.82, 2.24) is 0 Å². The van der Waals surface area contributed by atoms with Gasteiger partial charge >= 0.3 is 0 Å². The molecular weight excluding hydrogens is 220 g/mol. The lowest BCUT2D eigenvalue weighted by Crippen LogP contribution is -2.39. The fraction of sp³-hybridized carbons (Fsp3) is 0.625. The quantitative estimate of drug-likeness (QED) is 0.867. The summed E-state index contributed by atoms with van der Waals surface area (Å²) in [7, 11) is 2.23. The molecule has 0 aromatic heterocycles. The van der Waals surface area contributed by atoms with Crippen LogP contribution in [0.5, 0.6) is 0 Å². The highest BCUT2D eigenvalue weighted by molar-refractivity contribution is 5.58. The fourth-order valence-corrected chi connectivity index (χ4v) is 3.01. The Balaban J connectivity index is 2.18. The summed E-state index contributed by atoms with van der Waals surface area (Å²) in [5, 5.41) is 0. The minimum Gasteiger partial charge on any atom is -0.371 e. The van der Waals surface area contributed by atoms with Gasteiger partial charge in [-0.15, -0.1) is 0 Å². The second kappa shape index (κ2) is 5.31. The predicted octanol–water partition coefficient (Wildman–Crippen LogP) is 3.32. The van der Waals surface area contributed by atoms with Crippen LogP contribution in [0, 0.1) is 20.8 Å². The van der Waals surface area contributed by atoms with Crippen LogP contribution in [0.15, 0.2) is 12.1 Å². The average molecular weight is 246 g/mol. The van der Waals surface area contributed by atoms with Crippen LogP contribution in [-0.2, 0) is 0 Å². The van der Waals surface area contributed by atoms with E-state index in [1.165, 1.54) is 48.1 Å². The smallest absolute Gasteiger partial charge is 0.0398 e. The molecule has 1 saturated carbocycles. The highest BCUT2D eigenvalue weighted by Gasteiger charge is 2.23. The van der Waals surface area contributed by atoms with Gasteiger partial charge in [0, 0.05) is 24.8 Å². The van der Waals surface area contributed by atoms with Crippen LogP contribution < -0.4 is 10.6 Å². The van der Waals surface area contributed by atoms with Gasteiger partial charge in [0.2, 0.25) is 0 Å². The van der Waals surface area contributed by atoms with E-state index in [0.717, 1.165) is 0 Å². The van der Waals surface area contributed by atoms with Gasteiger partial charge in [0.1, 0.15) is 0 Å². The Kier molecular flexibility index (Phi) is 3.96. The van der Waals surface area contributed by atoms with Crippen molar-refractivity contribution in [2.45, 2.75) is 58.5 Å². The van der Waals surface area contributed by atoms with Gasteiger partial charge in [-0.3, -0.25) is 0 Å². The first-order chi connectivity index (χ1) is 8.50. The van der Waals surface area contributed by atoms with E-state index in [9.17, 15) is 0 Å². The molecule has 0 atom stereocenters. The lowest BCUT2D eigenvalue weighted by atomic mass is 9.90. The zero-order chi connectivity index (χ0) is 13.3. The molecule has 100 valence electrons. The van der Waals surface area contributed by atoms with Gasteiger partial charge in [0.05, 0.1) is 0 Å². The van der Waals surface area contributed by atoms with Crippen molar-refractivity contribution >= 4 is 5.69 Å². The van der Waals surface area contributed by atoms with E-state index in [-0.39, 0.29) is 0 Å². The van der Waals surface area contributed by atoms with Crippen LogP contribution in [0.4, 0.5) is 5.69 Å². The van der Waals surface area contributed by atoms with Crippen molar-refractivity contribution in [1.29, 1.82) is 0 Å². The third-order valence-corrected chi connectivity index (χ3v) is 4.70. The maximum atomic E-state index is 5.99. The molecule has 1 aromatic rings.